The fourth-order valence-corrected chi connectivity index (χ4v) is 5.11. The Labute approximate surface area is 235 Å². The number of unbranched alkanes of at least 4 members (excludes halogenated alkanes) is 1. The van der Waals surface area contributed by atoms with Crippen LogP contribution in [0, 0.1) is 6.92 Å². The number of pyridine rings is 1. The predicted molar refractivity (Wildman–Crippen MR) is 150 cm³/mol. The summed E-state index contributed by atoms with van der Waals surface area (Å²) in [5.74, 6) is -0.176. The zero-order valence-electron chi connectivity index (χ0n) is 22.9. The summed E-state index contributed by atoms with van der Waals surface area (Å²) >= 11 is 0. The van der Waals surface area contributed by atoms with Gasteiger partial charge in [-0.3, -0.25) is 24.6 Å². The number of primary amides is 1. The standard InChI is InChI=1S/C28H32N8O5/c1-3-35-22(12-17(2)33-35)26(38)32-27-31-21-13-18(25(29)37)14-23-24(21)36(27)20(16-41-23)9-5-7-11-34(28(39)40)15-19-8-4-6-10-30-19/h4,6,8,10,12-14,20H,3,5,7,9,11,15-16H2,1-2H3,(H2,29,37)(H,39,40)(H,31,32,38)/t20-/m0/s1. The Morgan fingerprint density at radius 2 is 2.05 bits per heavy atom. The third kappa shape index (κ3) is 5.83. The van der Waals surface area contributed by atoms with Crippen LogP contribution < -0.4 is 15.8 Å². The molecule has 0 fully saturated rings. The van der Waals surface area contributed by atoms with E-state index in [-0.39, 0.29) is 30.7 Å². The molecule has 41 heavy (non-hydrogen) atoms. The number of hydrogen-bond acceptors (Lipinski definition) is 7. The van der Waals surface area contributed by atoms with Gasteiger partial charge in [-0.1, -0.05) is 6.07 Å². The highest BCUT2D eigenvalue weighted by atomic mass is 16.5. The Morgan fingerprint density at radius 3 is 2.76 bits per heavy atom. The highest BCUT2D eigenvalue weighted by Gasteiger charge is 2.29. The zero-order valence-corrected chi connectivity index (χ0v) is 22.9. The normalized spacial score (nSPS) is 14.0. The molecule has 214 valence electrons. The molecular weight excluding hydrogens is 528 g/mol. The number of ether oxygens (including phenoxy) is 1. The summed E-state index contributed by atoms with van der Waals surface area (Å²) in [6.07, 6.45) is 2.61. The van der Waals surface area contributed by atoms with Gasteiger partial charge in [-0.2, -0.15) is 5.10 Å². The number of nitrogens with zero attached hydrogens (tertiary/aromatic N) is 6. The second kappa shape index (κ2) is 11.7. The molecule has 0 radical (unpaired) electrons. The summed E-state index contributed by atoms with van der Waals surface area (Å²) in [4.78, 5) is 47.2. The summed E-state index contributed by atoms with van der Waals surface area (Å²) in [6.45, 7) is 5.11. The van der Waals surface area contributed by atoms with E-state index in [9.17, 15) is 19.5 Å². The minimum absolute atomic E-state index is 0.186. The molecule has 0 spiro atoms. The van der Waals surface area contributed by atoms with E-state index in [4.69, 9.17) is 10.5 Å². The topological polar surface area (TPSA) is 170 Å². The summed E-state index contributed by atoms with van der Waals surface area (Å²) in [7, 11) is 0. The molecule has 1 aliphatic rings. The van der Waals surface area contributed by atoms with Crippen molar-refractivity contribution in [3.05, 3.63) is 65.2 Å². The molecule has 13 heteroatoms. The van der Waals surface area contributed by atoms with Crippen LogP contribution >= 0.6 is 0 Å². The van der Waals surface area contributed by atoms with Crippen molar-refractivity contribution < 1.29 is 24.2 Å². The van der Waals surface area contributed by atoms with Gasteiger partial charge in [0.25, 0.3) is 5.91 Å². The number of nitrogens with one attached hydrogen (secondary N) is 1. The van der Waals surface area contributed by atoms with E-state index >= 15 is 0 Å². The van der Waals surface area contributed by atoms with Crippen molar-refractivity contribution in [1.82, 2.24) is 29.2 Å². The van der Waals surface area contributed by atoms with Crippen LogP contribution in [0.2, 0.25) is 0 Å². The van der Waals surface area contributed by atoms with Crippen LogP contribution in [-0.2, 0) is 13.1 Å². The summed E-state index contributed by atoms with van der Waals surface area (Å²) in [5.41, 5.74) is 8.74. The van der Waals surface area contributed by atoms with Gasteiger partial charge in [-0.25, -0.2) is 9.78 Å². The molecule has 0 aliphatic carbocycles. The van der Waals surface area contributed by atoms with Crippen LogP contribution in [0.15, 0.2) is 42.6 Å². The molecule has 5 rings (SSSR count). The van der Waals surface area contributed by atoms with Crippen LogP contribution in [0.5, 0.6) is 5.75 Å². The van der Waals surface area contributed by atoms with Crippen molar-refractivity contribution in [3.8, 4) is 5.75 Å². The maximum Gasteiger partial charge on any atom is 0.407 e. The molecule has 4 heterocycles. The second-order valence-electron chi connectivity index (χ2n) is 9.94. The third-order valence-electron chi connectivity index (χ3n) is 7.06. The van der Waals surface area contributed by atoms with Gasteiger partial charge in [0.1, 0.15) is 23.6 Å². The van der Waals surface area contributed by atoms with E-state index in [0.29, 0.717) is 66.5 Å². The first-order valence-electron chi connectivity index (χ1n) is 13.5. The lowest BCUT2D eigenvalue weighted by Gasteiger charge is -2.28. The average molecular weight is 561 g/mol. The largest absolute Gasteiger partial charge is 0.489 e. The molecule has 0 bridgehead atoms. The lowest BCUT2D eigenvalue weighted by molar-refractivity contribution is 0.0995. The second-order valence-corrected chi connectivity index (χ2v) is 9.94. The predicted octanol–water partition coefficient (Wildman–Crippen LogP) is 3.59. The quantitative estimate of drug-likeness (QED) is 0.234. The van der Waals surface area contributed by atoms with Crippen LogP contribution in [0.1, 0.15) is 64.5 Å². The minimum atomic E-state index is -1.00. The van der Waals surface area contributed by atoms with Crippen LogP contribution in [0.4, 0.5) is 10.7 Å². The van der Waals surface area contributed by atoms with Crippen LogP contribution in [0.3, 0.4) is 0 Å². The van der Waals surface area contributed by atoms with E-state index in [2.05, 4.69) is 20.4 Å². The Hall–Kier alpha value is -4.94. The smallest absolute Gasteiger partial charge is 0.407 e. The Bertz CT molecular complexity index is 1600. The Morgan fingerprint density at radius 1 is 1.22 bits per heavy atom. The van der Waals surface area contributed by atoms with Crippen molar-refractivity contribution in [2.45, 2.75) is 52.2 Å². The van der Waals surface area contributed by atoms with Crippen molar-refractivity contribution in [2.24, 2.45) is 5.73 Å². The van der Waals surface area contributed by atoms with Gasteiger partial charge in [-0.15, -0.1) is 0 Å². The Balaban J connectivity index is 1.36. The molecule has 3 amide bonds. The summed E-state index contributed by atoms with van der Waals surface area (Å²) < 4.78 is 9.58. The fraction of sp³-hybridized carbons (Fsp3) is 0.357. The average Bonchev–Trinajstić information content (AvgIpc) is 3.52. The summed E-state index contributed by atoms with van der Waals surface area (Å²) in [6, 6.07) is 10.1. The van der Waals surface area contributed by atoms with Crippen molar-refractivity contribution >= 4 is 34.9 Å². The number of hydrogen-bond donors (Lipinski definition) is 3. The number of rotatable bonds is 11. The minimum Gasteiger partial charge on any atom is -0.489 e. The van der Waals surface area contributed by atoms with Crippen LogP contribution in [-0.4, -0.2) is 65.4 Å². The lowest BCUT2D eigenvalue weighted by atomic mass is 10.1. The number of carbonyl (C=O) groups excluding carboxylic acids is 2. The molecule has 4 N–H and O–H groups in total. The lowest BCUT2D eigenvalue weighted by Crippen LogP contribution is -2.30. The molecular formula is C28H32N8O5. The van der Waals surface area contributed by atoms with Crippen molar-refractivity contribution in [1.29, 1.82) is 0 Å². The maximum absolute atomic E-state index is 13.3. The molecule has 4 aromatic rings. The molecule has 1 aromatic carbocycles. The van der Waals surface area contributed by atoms with E-state index in [1.165, 1.54) is 4.90 Å². The highest BCUT2D eigenvalue weighted by molar-refractivity contribution is 6.04. The number of anilines is 1. The van der Waals surface area contributed by atoms with Crippen molar-refractivity contribution in [2.75, 3.05) is 18.5 Å². The van der Waals surface area contributed by atoms with Gasteiger partial charge in [0, 0.05) is 24.8 Å². The molecule has 3 aromatic heterocycles. The number of amides is 3. The summed E-state index contributed by atoms with van der Waals surface area (Å²) in [5, 5.41) is 17.0. The van der Waals surface area contributed by atoms with Gasteiger partial charge in [0.15, 0.2) is 0 Å². The van der Waals surface area contributed by atoms with Crippen molar-refractivity contribution in [3.63, 3.8) is 0 Å². The van der Waals surface area contributed by atoms with Crippen LogP contribution in [0.25, 0.3) is 11.0 Å². The number of carboxylic acid groups (broad SMARTS) is 1. The number of imidazole rings is 1. The zero-order chi connectivity index (χ0) is 29.1. The fourth-order valence-electron chi connectivity index (χ4n) is 5.11. The third-order valence-corrected chi connectivity index (χ3v) is 7.06. The number of benzene rings is 1. The first-order chi connectivity index (χ1) is 19.7. The highest BCUT2D eigenvalue weighted by Crippen LogP contribution is 2.38. The number of aromatic nitrogens is 5. The van der Waals surface area contributed by atoms with E-state index in [1.807, 2.05) is 24.5 Å². The van der Waals surface area contributed by atoms with Gasteiger partial charge in [-0.05, 0) is 63.4 Å². The SMILES string of the molecule is CCn1nc(C)cc1C(=O)Nc1nc2cc(C(N)=O)cc3c2n1[C@@H](CCCCN(Cc1ccccn1)C(=O)O)CO3. The number of nitrogens with two attached hydrogens (primary N) is 1. The molecule has 0 saturated heterocycles. The molecule has 13 nitrogen and oxygen atoms in total. The first-order valence-corrected chi connectivity index (χ1v) is 13.5. The maximum atomic E-state index is 13.3. The monoisotopic (exact) mass is 560 g/mol. The van der Waals surface area contributed by atoms with Gasteiger partial charge in [0.05, 0.1) is 29.5 Å². The van der Waals surface area contributed by atoms with Gasteiger partial charge >= 0.3 is 6.09 Å². The Kier molecular flexibility index (Phi) is 7.86. The van der Waals surface area contributed by atoms with Gasteiger partial charge < -0.3 is 25.0 Å². The number of aryl methyl sites for hydroxylation is 2. The molecule has 0 saturated carbocycles. The molecule has 0 unspecified atom stereocenters. The van der Waals surface area contributed by atoms with E-state index < -0.39 is 12.0 Å². The number of carbonyl (C=O) groups is 3. The molecule has 1 aliphatic heterocycles. The van der Waals surface area contributed by atoms with E-state index in [1.54, 1.807) is 41.2 Å². The molecule has 1 atom stereocenters. The van der Waals surface area contributed by atoms with E-state index in [0.717, 1.165) is 5.69 Å². The van der Waals surface area contributed by atoms with Gasteiger partial charge in [0.2, 0.25) is 11.9 Å². The first kappa shape index (κ1) is 27.6.